The maximum absolute atomic E-state index is 12.5. The van der Waals surface area contributed by atoms with E-state index in [0.29, 0.717) is 18.1 Å². The number of carbonyl (C=O) groups is 1. The predicted octanol–water partition coefficient (Wildman–Crippen LogP) is 2.54. The van der Waals surface area contributed by atoms with E-state index >= 15 is 0 Å². The molecule has 2 aliphatic rings. The van der Waals surface area contributed by atoms with Crippen LogP contribution in [-0.4, -0.2) is 55.9 Å². The van der Waals surface area contributed by atoms with Gasteiger partial charge in [-0.05, 0) is 36.2 Å². The standard InChI is InChI=1S/C24H24N4O4S2/c1-32-20-9-7-17(8-10-20)11-12-26-23(29)18(13-25)14-27-24-28(19-5-3-2-4-6-19)21-15-34(30,31)16-22(21)33-24/h2-10,14,21-22H,11-12,15-16H2,1H3,(H,26,29)/b18-14+,27-24?/t21-,22+/m1/s1. The van der Waals surface area contributed by atoms with Gasteiger partial charge in [0.1, 0.15) is 17.4 Å². The summed E-state index contributed by atoms with van der Waals surface area (Å²) in [5.41, 5.74) is 1.75. The summed E-state index contributed by atoms with van der Waals surface area (Å²) in [6.45, 7) is 0.369. The van der Waals surface area contributed by atoms with Crippen molar-refractivity contribution in [3.05, 3.63) is 71.9 Å². The number of amidine groups is 1. The zero-order valence-corrected chi connectivity index (χ0v) is 20.2. The Morgan fingerprint density at radius 1 is 1.24 bits per heavy atom. The van der Waals surface area contributed by atoms with Gasteiger partial charge in [0, 0.05) is 17.5 Å². The highest BCUT2D eigenvalue weighted by atomic mass is 32.2. The van der Waals surface area contributed by atoms with Crippen molar-refractivity contribution in [2.24, 2.45) is 4.99 Å². The van der Waals surface area contributed by atoms with Gasteiger partial charge in [0.05, 0.1) is 30.9 Å². The maximum Gasteiger partial charge on any atom is 0.263 e. The molecule has 0 spiro atoms. The maximum atomic E-state index is 12.5. The van der Waals surface area contributed by atoms with Gasteiger partial charge in [0.25, 0.3) is 5.91 Å². The molecule has 0 radical (unpaired) electrons. The molecule has 2 heterocycles. The lowest BCUT2D eigenvalue weighted by Crippen LogP contribution is -2.37. The number of nitriles is 1. The molecule has 0 bridgehead atoms. The minimum atomic E-state index is -3.11. The van der Waals surface area contributed by atoms with Crippen LogP contribution in [0.2, 0.25) is 0 Å². The average Bonchev–Trinajstić information content (AvgIpc) is 3.31. The molecule has 0 saturated carbocycles. The van der Waals surface area contributed by atoms with Crippen LogP contribution in [0.5, 0.6) is 5.75 Å². The van der Waals surface area contributed by atoms with Gasteiger partial charge in [-0.1, -0.05) is 42.1 Å². The molecule has 2 aliphatic heterocycles. The second kappa shape index (κ2) is 10.3. The van der Waals surface area contributed by atoms with Crippen LogP contribution in [0.25, 0.3) is 0 Å². The fourth-order valence-corrected chi connectivity index (χ4v) is 7.82. The normalized spacial score (nSPS) is 22.3. The fourth-order valence-electron chi connectivity index (χ4n) is 3.93. The Labute approximate surface area is 203 Å². The van der Waals surface area contributed by atoms with Gasteiger partial charge in [0.2, 0.25) is 0 Å². The minimum absolute atomic E-state index is 0.0548. The lowest BCUT2D eigenvalue weighted by Gasteiger charge is -2.24. The van der Waals surface area contributed by atoms with Crippen LogP contribution in [0.15, 0.2) is 71.4 Å². The molecule has 4 rings (SSSR count). The third-order valence-corrected chi connectivity index (χ3v) is 8.85. The molecule has 176 valence electrons. The minimum Gasteiger partial charge on any atom is -0.497 e. The van der Waals surface area contributed by atoms with Crippen molar-refractivity contribution >= 4 is 38.4 Å². The number of sulfone groups is 1. The number of rotatable bonds is 7. The summed E-state index contributed by atoms with van der Waals surface area (Å²) in [7, 11) is -1.51. The first kappa shape index (κ1) is 23.9. The molecular weight excluding hydrogens is 472 g/mol. The van der Waals surface area contributed by atoms with E-state index in [9.17, 15) is 18.5 Å². The van der Waals surface area contributed by atoms with Crippen molar-refractivity contribution in [2.75, 3.05) is 30.1 Å². The van der Waals surface area contributed by atoms with Crippen LogP contribution in [0.4, 0.5) is 5.69 Å². The van der Waals surface area contributed by atoms with E-state index in [0.717, 1.165) is 17.0 Å². The van der Waals surface area contributed by atoms with E-state index in [1.165, 1.54) is 18.0 Å². The molecule has 8 nitrogen and oxygen atoms in total. The number of amides is 1. The van der Waals surface area contributed by atoms with Crippen LogP contribution in [0.1, 0.15) is 5.56 Å². The topological polar surface area (TPSA) is 112 Å². The van der Waals surface area contributed by atoms with Crippen LogP contribution < -0.4 is 15.0 Å². The summed E-state index contributed by atoms with van der Waals surface area (Å²) in [4.78, 5) is 18.8. The predicted molar refractivity (Wildman–Crippen MR) is 134 cm³/mol. The van der Waals surface area contributed by atoms with Crippen LogP contribution >= 0.6 is 11.8 Å². The van der Waals surface area contributed by atoms with Gasteiger partial charge in [-0.3, -0.25) is 4.79 Å². The summed E-state index contributed by atoms with van der Waals surface area (Å²) in [6.07, 6.45) is 1.87. The van der Waals surface area contributed by atoms with Crippen LogP contribution in [0, 0.1) is 11.3 Å². The number of fused-ring (bicyclic) bond motifs is 1. The second-order valence-corrected chi connectivity index (χ2v) is 11.3. The van der Waals surface area contributed by atoms with Crippen molar-refractivity contribution < 1.29 is 17.9 Å². The Morgan fingerprint density at radius 2 is 1.97 bits per heavy atom. The number of methoxy groups -OCH3 is 1. The zero-order valence-electron chi connectivity index (χ0n) is 18.5. The van der Waals surface area contributed by atoms with Crippen molar-refractivity contribution in [3.8, 4) is 11.8 Å². The zero-order chi connectivity index (χ0) is 24.1. The number of hydrogen-bond acceptors (Lipinski definition) is 7. The number of para-hydroxylation sites is 1. The number of hydrogen-bond donors (Lipinski definition) is 1. The van der Waals surface area contributed by atoms with Gasteiger partial charge >= 0.3 is 0 Å². The van der Waals surface area contributed by atoms with Crippen LogP contribution in [-0.2, 0) is 21.1 Å². The molecule has 0 aliphatic carbocycles. The van der Waals surface area contributed by atoms with Crippen molar-refractivity contribution in [2.45, 2.75) is 17.7 Å². The molecule has 1 amide bonds. The summed E-state index contributed by atoms with van der Waals surface area (Å²) in [5, 5.41) is 12.7. The molecule has 2 aromatic carbocycles. The van der Waals surface area contributed by atoms with Crippen LogP contribution in [0.3, 0.4) is 0 Å². The lowest BCUT2D eigenvalue weighted by atomic mass is 10.1. The van der Waals surface area contributed by atoms with E-state index in [4.69, 9.17) is 4.74 Å². The van der Waals surface area contributed by atoms with E-state index in [2.05, 4.69) is 10.3 Å². The van der Waals surface area contributed by atoms with E-state index < -0.39 is 15.7 Å². The molecule has 2 atom stereocenters. The van der Waals surface area contributed by atoms with Gasteiger partial charge < -0.3 is 15.0 Å². The molecule has 2 aromatic rings. The number of nitrogens with one attached hydrogen (secondary N) is 1. The SMILES string of the molecule is COc1ccc(CCNC(=O)/C(C#N)=C/N=C2S[C@H]3CS(=O)(=O)C[C@H]3N2c2ccccc2)cc1. The average molecular weight is 497 g/mol. The lowest BCUT2D eigenvalue weighted by molar-refractivity contribution is -0.117. The third-order valence-electron chi connectivity index (χ3n) is 5.63. The number of ether oxygens (including phenoxy) is 1. The third kappa shape index (κ3) is 5.43. The van der Waals surface area contributed by atoms with Gasteiger partial charge in [-0.25, -0.2) is 13.4 Å². The Bertz CT molecular complexity index is 1250. The molecule has 2 saturated heterocycles. The number of nitrogens with zero attached hydrogens (tertiary/aromatic N) is 3. The summed E-state index contributed by atoms with van der Waals surface area (Å²) in [6, 6.07) is 18.7. The summed E-state index contributed by atoms with van der Waals surface area (Å²) in [5.74, 6) is 0.403. The highest BCUT2D eigenvalue weighted by Crippen LogP contribution is 2.40. The highest BCUT2D eigenvalue weighted by Gasteiger charge is 2.49. The monoisotopic (exact) mass is 496 g/mol. The Morgan fingerprint density at radius 3 is 2.65 bits per heavy atom. The largest absolute Gasteiger partial charge is 0.497 e. The molecule has 2 fully saturated rings. The molecule has 10 heteroatoms. The van der Waals surface area contributed by atoms with Crippen molar-refractivity contribution in [1.82, 2.24) is 5.32 Å². The van der Waals surface area contributed by atoms with Crippen molar-refractivity contribution in [3.63, 3.8) is 0 Å². The van der Waals surface area contributed by atoms with E-state index in [-0.39, 0.29) is 28.4 Å². The number of thioether (sulfide) groups is 1. The second-order valence-electron chi connectivity index (χ2n) is 7.93. The molecule has 0 aromatic heterocycles. The van der Waals surface area contributed by atoms with E-state index in [1.807, 2.05) is 65.6 Å². The molecule has 1 N–H and O–H groups in total. The first-order chi connectivity index (χ1) is 16.4. The molecule has 34 heavy (non-hydrogen) atoms. The van der Waals surface area contributed by atoms with Crippen molar-refractivity contribution in [1.29, 1.82) is 5.26 Å². The quantitative estimate of drug-likeness (QED) is 0.463. The Hall–Kier alpha value is -3.29. The summed E-state index contributed by atoms with van der Waals surface area (Å²) < 4.78 is 29.5. The van der Waals surface area contributed by atoms with Gasteiger partial charge in [-0.2, -0.15) is 5.26 Å². The number of anilines is 1. The smallest absolute Gasteiger partial charge is 0.263 e. The Balaban J connectivity index is 1.46. The first-order valence-electron chi connectivity index (χ1n) is 10.7. The Kier molecular flexibility index (Phi) is 7.24. The highest BCUT2D eigenvalue weighted by molar-refractivity contribution is 8.16. The van der Waals surface area contributed by atoms with Gasteiger partial charge in [-0.15, -0.1) is 0 Å². The number of benzene rings is 2. The molecular formula is C24H24N4O4S2. The summed E-state index contributed by atoms with van der Waals surface area (Å²) >= 11 is 1.37. The van der Waals surface area contributed by atoms with E-state index in [1.54, 1.807) is 7.11 Å². The first-order valence-corrected chi connectivity index (χ1v) is 13.4. The van der Waals surface area contributed by atoms with Gasteiger partial charge in [0.15, 0.2) is 15.0 Å². The molecule has 0 unspecified atom stereocenters. The fraction of sp³-hybridized carbons (Fsp3) is 0.292. The number of aliphatic imine (C=N–C) groups is 1. The number of carbonyl (C=O) groups excluding carboxylic acids is 1.